The summed E-state index contributed by atoms with van der Waals surface area (Å²) in [5.41, 5.74) is 4.26. The standard InChI is InChI=1S/C19H20N4O2/c1-23-17(13-7-3-5-9-16(13)22-23)11-20-19(25)14-10-18(24)21-15-8-4-2-6-12(14)15/h2,4,6,8,10H,3,5,7,9,11H2,1H3,(H,20,25)(H,21,24). The molecule has 1 aliphatic carbocycles. The molecule has 0 fully saturated rings. The van der Waals surface area contributed by atoms with Gasteiger partial charge in [-0.25, -0.2) is 0 Å². The second kappa shape index (κ2) is 6.20. The first kappa shape index (κ1) is 15.6. The van der Waals surface area contributed by atoms with Gasteiger partial charge in [-0.05, 0) is 37.3 Å². The van der Waals surface area contributed by atoms with Gasteiger partial charge in [0, 0.05) is 24.0 Å². The van der Waals surface area contributed by atoms with Gasteiger partial charge < -0.3 is 10.3 Å². The fourth-order valence-electron chi connectivity index (χ4n) is 3.62. The van der Waals surface area contributed by atoms with Gasteiger partial charge in [0.05, 0.1) is 23.5 Å². The van der Waals surface area contributed by atoms with Crippen molar-refractivity contribution in [3.8, 4) is 0 Å². The minimum atomic E-state index is -0.276. The Morgan fingerprint density at radius 3 is 2.96 bits per heavy atom. The van der Waals surface area contributed by atoms with Crippen LogP contribution < -0.4 is 10.9 Å². The van der Waals surface area contributed by atoms with Crippen molar-refractivity contribution in [2.45, 2.75) is 32.2 Å². The summed E-state index contributed by atoms with van der Waals surface area (Å²) in [5.74, 6) is -0.243. The number of H-pyrrole nitrogens is 1. The molecule has 2 N–H and O–H groups in total. The molecule has 128 valence electrons. The molecular formula is C19H20N4O2. The van der Waals surface area contributed by atoms with E-state index in [1.807, 2.05) is 29.9 Å². The number of nitrogens with one attached hydrogen (secondary N) is 2. The van der Waals surface area contributed by atoms with E-state index < -0.39 is 0 Å². The average Bonchev–Trinajstić information content (AvgIpc) is 2.94. The van der Waals surface area contributed by atoms with E-state index in [0.717, 1.165) is 29.6 Å². The van der Waals surface area contributed by atoms with Gasteiger partial charge in [0.1, 0.15) is 0 Å². The third-order valence-corrected chi connectivity index (χ3v) is 4.86. The Bertz CT molecular complexity index is 1020. The number of nitrogens with zero attached hydrogens (tertiary/aromatic N) is 2. The van der Waals surface area contributed by atoms with Crippen LogP contribution in [0.15, 0.2) is 35.1 Å². The number of carbonyl (C=O) groups is 1. The lowest BCUT2D eigenvalue weighted by Crippen LogP contribution is -2.26. The van der Waals surface area contributed by atoms with Crippen molar-refractivity contribution < 1.29 is 4.79 Å². The number of benzene rings is 1. The molecule has 3 aromatic rings. The maximum absolute atomic E-state index is 12.7. The predicted octanol–water partition coefficient (Wildman–Crippen LogP) is 2.07. The van der Waals surface area contributed by atoms with Crippen LogP contribution in [-0.4, -0.2) is 20.7 Å². The third kappa shape index (κ3) is 2.84. The molecule has 1 aliphatic rings. The van der Waals surface area contributed by atoms with Gasteiger partial charge in [0.2, 0.25) is 5.56 Å². The molecule has 0 aliphatic heterocycles. The minimum absolute atomic E-state index is 0.243. The van der Waals surface area contributed by atoms with Gasteiger partial charge in [-0.2, -0.15) is 5.10 Å². The molecule has 0 unspecified atom stereocenters. The van der Waals surface area contributed by atoms with Crippen LogP contribution in [-0.2, 0) is 26.4 Å². The molecule has 6 heteroatoms. The molecule has 0 saturated heterocycles. The van der Waals surface area contributed by atoms with Crippen LogP contribution >= 0.6 is 0 Å². The number of aryl methyl sites for hydroxylation is 2. The van der Waals surface area contributed by atoms with Gasteiger partial charge in [-0.3, -0.25) is 14.3 Å². The summed E-state index contributed by atoms with van der Waals surface area (Å²) in [6.07, 6.45) is 4.37. The predicted molar refractivity (Wildman–Crippen MR) is 95.6 cm³/mol. The summed E-state index contributed by atoms with van der Waals surface area (Å²) >= 11 is 0. The zero-order chi connectivity index (χ0) is 17.4. The second-order valence-corrected chi connectivity index (χ2v) is 6.48. The van der Waals surface area contributed by atoms with Crippen LogP contribution in [0.3, 0.4) is 0 Å². The Morgan fingerprint density at radius 2 is 2.08 bits per heavy atom. The Morgan fingerprint density at radius 1 is 1.28 bits per heavy atom. The summed E-state index contributed by atoms with van der Waals surface area (Å²) in [6, 6.07) is 8.68. The number of hydrogen-bond donors (Lipinski definition) is 2. The van der Waals surface area contributed by atoms with Crippen LogP contribution in [0.2, 0.25) is 0 Å². The lowest BCUT2D eigenvalue weighted by molar-refractivity contribution is 0.0951. The van der Waals surface area contributed by atoms with E-state index in [1.54, 1.807) is 6.07 Å². The Balaban J connectivity index is 1.62. The van der Waals surface area contributed by atoms with Crippen LogP contribution in [0, 0.1) is 0 Å². The minimum Gasteiger partial charge on any atom is -0.346 e. The molecule has 0 saturated carbocycles. The molecule has 0 bridgehead atoms. The van der Waals surface area contributed by atoms with Crippen LogP contribution in [0.5, 0.6) is 0 Å². The van der Waals surface area contributed by atoms with E-state index in [4.69, 9.17) is 0 Å². The third-order valence-electron chi connectivity index (χ3n) is 4.86. The van der Waals surface area contributed by atoms with Gasteiger partial charge in [-0.1, -0.05) is 18.2 Å². The number of carbonyl (C=O) groups excluding carboxylic acids is 1. The molecule has 2 aromatic heterocycles. The van der Waals surface area contributed by atoms with Crippen molar-refractivity contribution in [2.75, 3.05) is 0 Å². The average molecular weight is 336 g/mol. The fourth-order valence-corrected chi connectivity index (χ4v) is 3.62. The molecule has 0 atom stereocenters. The zero-order valence-electron chi connectivity index (χ0n) is 14.1. The number of pyridine rings is 1. The SMILES string of the molecule is Cn1nc2c(c1CNC(=O)c1cc(=O)[nH]c3ccccc13)CCCC2. The lowest BCUT2D eigenvalue weighted by atomic mass is 9.96. The highest BCUT2D eigenvalue weighted by molar-refractivity contribution is 6.05. The van der Waals surface area contributed by atoms with Gasteiger partial charge in [-0.15, -0.1) is 0 Å². The van der Waals surface area contributed by atoms with E-state index in [9.17, 15) is 9.59 Å². The highest BCUT2D eigenvalue weighted by Crippen LogP contribution is 2.23. The van der Waals surface area contributed by atoms with Gasteiger partial charge in [0.15, 0.2) is 0 Å². The molecule has 0 spiro atoms. The number of rotatable bonds is 3. The van der Waals surface area contributed by atoms with Crippen molar-refractivity contribution in [2.24, 2.45) is 7.05 Å². The number of fused-ring (bicyclic) bond motifs is 2. The first-order valence-corrected chi connectivity index (χ1v) is 8.57. The molecule has 1 aromatic carbocycles. The molecule has 25 heavy (non-hydrogen) atoms. The maximum Gasteiger partial charge on any atom is 0.252 e. The number of hydrogen-bond acceptors (Lipinski definition) is 3. The summed E-state index contributed by atoms with van der Waals surface area (Å²) in [6.45, 7) is 0.415. The van der Waals surface area contributed by atoms with E-state index in [0.29, 0.717) is 17.6 Å². The summed E-state index contributed by atoms with van der Waals surface area (Å²) in [4.78, 5) is 27.3. The van der Waals surface area contributed by atoms with E-state index in [2.05, 4.69) is 15.4 Å². The van der Waals surface area contributed by atoms with Crippen molar-refractivity contribution in [3.63, 3.8) is 0 Å². The van der Waals surface area contributed by atoms with Gasteiger partial charge in [0.25, 0.3) is 5.91 Å². The van der Waals surface area contributed by atoms with Crippen molar-refractivity contribution in [3.05, 3.63) is 63.2 Å². The van der Waals surface area contributed by atoms with Crippen LogP contribution in [0.1, 0.15) is 40.2 Å². The number of amides is 1. The largest absolute Gasteiger partial charge is 0.346 e. The quantitative estimate of drug-likeness (QED) is 0.768. The summed E-state index contributed by atoms with van der Waals surface area (Å²) in [5, 5.41) is 8.28. The zero-order valence-corrected chi connectivity index (χ0v) is 14.1. The molecule has 2 heterocycles. The highest BCUT2D eigenvalue weighted by atomic mass is 16.2. The summed E-state index contributed by atoms with van der Waals surface area (Å²) < 4.78 is 1.87. The topological polar surface area (TPSA) is 79.8 Å². The number of aromatic nitrogens is 3. The second-order valence-electron chi connectivity index (χ2n) is 6.48. The lowest BCUT2D eigenvalue weighted by Gasteiger charge is -2.12. The first-order chi connectivity index (χ1) is 12.1. The van der Waals surface area contributed by atoms with E-state index in [1.165, 1.54) is 24.5 Å². The van der Waals surface area contributed by atoms with Gasteiger partial charge >= 0.3 is 0 Å². The molecule has 6 nitrogen and oxygen atoms in total. The smallest absolute Gasteiger partial charge is 0.252 e. The summed E-state index contributed by atoms with van der Waals surface area (Å²) in [7, 11) is 1.92. The van der Waals surface area contributed by atoms with Crippen LogP contribution in [0.4, 0.5) is 0 Å². The van der Waals surface area contributed by atoms with Crippen molar-refractivity contribution in [1.82, 2.24) is 20.1 Å². The van der Waals surface area contributed by atoms with Crippen molar-refractivity contribution >= 4 is 16.8 Å². The molecular weight excluding hydrogens is 316 g/mol. The fraction of sp³-hybridized carbons (Fsp3) is 0.316. The maximum atomic E-state index is 12.7. The highest BCUT2D eigenvalue weighted by Gasteiger charge is 2.20. The number of aromatic amines is 1. The van der Waals surface area contributed by atoms with Crippen molar-refractivity contribution in [1.29, 1.82) is 0 Å². The normalized spacial score (nSPS) is 13.6. The molecule has 4 rings (SSSR count). The Hall–Kier alpha value is -2.89. The molecule has 0 radical (unpaired) electrons. The number of para-hydroxylation sites is 1. The van der Waals surface area contributed by atoms with E-state index in [-0.39, 0.29) is 11.5 Å². The Kier molecular flexibility index (Phi) is 3.87. The molecule has 1 amide bonds. The van der Waals surface area contributed by atoms with Crippen LogP contribution in [0.25, 0.3) is 10.9 Å². The first-order valence-electron chi connectivity index (χ1n) is 8.57. The monoisotopic (exact) mass is 336 g/mol. The Labute approximate surface area is 144 Å². The van der Waals surface area contributed by atoms with E-state index >= 15 is 0 Å².